The Morgan fingerprint density at radius 3 is 2.73 bits per heavy atom. The Morgan fingerprint density at radius 1 is 1.16 bits per heavy atom. The fourth-order valence-corrected chi connectivity index (χ4v) is 7.11. The Bertz CT molecular complexity index is 1670. The molecule has 3 aromatic heterocycles. The summed E-state index contributed by atoms with van der Waals surface area (Å²) < 4.78 is 21.3. The summed E-state index contributed by atoms with van der Waals surface area (Å²) in [6.07, 6.45) is 2.20. The lowest BCUT2D eigenvalue weighted by Crippen LogP contribution is -2.62. The number of amides is 1. The number of pyridine rings is 1. The molecular formula is C33H42FN9O2. The van der Waals surface area contributed by atoms with Gasteiger partial charge in [0.1, 0.15) is 11.5 Å². The number of aromatic nitrogens is 5. The summed E-state index contributed by atoms with van der Waals surface area (Å²) in [4.78, 5) is 26.1. The molecule has 2 saturated heterocycles. The zero-order valence-electron chi connectivity index (χ0n) is 26.5. The van der Waals surface area contributed by atoms with Crippen molar-refractivity contribution in [2.75, 3.05) is 57.4 Å². The van der Waals surface area contributed by atoms with Gasteiger partial charge in [0, 0.05) is 74.4 Å². The Balaban J connectivity index is 1.23. The molecule has 0 radical (unpaired) electrons. The fraction of sp³-hybridized carbons (Fsp3) is 0.515. The molecule has 4 aromatic rings. The van der Waals surface area contributed by atoms with Crippen LogP contribution in [0.5, 0.6) is 0 Å². The third-order valence-electron chi connectivity index (χ3n) is 9.51. The summed E-state index contributed by atoms with van der Waals surface area (Å²) in [5, 5.41) is 15.6. The van der Waals surface area contributed by atoms with Gasteiger partial charge in [0.15, 0.2) is 11.5 Å². The van der Waals surface area contributed by atoms with E-state index in [9.17, 15) is 9.18 Å². The molecule has 0 bridgehead atoms. The number of ether oxygens (including phenoxy) is 1. The first kappa shape index (κ1) is 30.0. The van der Waals surface area contributed by atoms with E-state index in [2.05, 4.69) is 59.1 Å². The van der Waals surface area contributed by atoms with Gasteiger partial charge in [-0.1, -0.05) is 26.0 Å². The number of nitrogens with one attached hydrogen (secondary N) is 2. The topological polar surface area (TPSA) is 107 Å². The number of rotatable bonds is 7. The van der Waals surface area contributed by atoms with Crippen LogP contribution in [0.1, 0.15) is 44.5 Å². The number of hydrogen-bond donors (Lipinski definition) is 2. The van der Waals surface area contributed by atoms with Crippen LogP contribution in [-0.4, -0.2) is 111 Å². The van der Waals surface area contributed by atoms with E-state index >= 15 is 0 Å². The number of benzene rings is 1. The van der Waals surface area contributed by atoms with E-state index in [0.29, 0.717) is 37.4 Å². The maximum atomic E-state index is 14.3. The summed E-state index contributed by atoms with van der Waals surface area (Å²) in [6, 6.07) is 11.4. The van der Waals surface area contributed by atoms with Gasteiger partial charge in [0.05, 0.1) is 31.1 Å². The molecule has 0 unspecified atom stereocenters. The van der Waals surface area contributed by atoms with Gasteiger partial charge in [0.2, 0.25) is 5.91 Å². The van der Waals surface area contributed by atoms with E-state index in [0.717, 1.165) is 73.2 Å². The van der Waals surface area contributed by atoms with E-state index in [1.807, 2.05) is 15.5 Å². The van der Waals surface area contributed by atoms with Gasteiger partial charge in [0.25, 0.3) is 0 Å². The van der Waals surface area contributed by atoms with E-state index in [-0.39, 0.29) is 23.2 Å². The Labute approximate surface area is 262 Å². The van der Waals surface area contributed by atoms with E-state index in [1.54, 1.807) is 18.3 Å². The minimum absolute atomic E-state index is 0.0805. The third-order valence-corrected chi connectivity index (χ3v) is 9.51. The number of H-pyrrole nitrogens is 1. The molecule has 0 spiro atoms. The lowest BCUT2D eigenvalue weighted by atomic mass is 9.90. The second-order valence-electron chi connectivity index (χ2n) is 13.5. The van der Waals surface area contributed by atoms with Crippen molar-refractivity contribution < 1.29 is 13.9 Å². The zero-order chi connectivity index (χ0) is 31.3. The molecule has 2 N–H and O–H groups in total. The molecule has 3 aliphatic rings. The van der Waals surface area contributed by atoms with Gasteiger partial charge in [-0.05, 0) is 43.7 Å². The smallest absolute Gasteiger partial charge is 0.241 e. The highest BCUT2D eigenvalue weighted by Gasteiger charge is 2.43. The fourth-order valence-electron chi connectivity index (χ4n) is 7.11. The summed E-state index contributed by atoms with van der Waals surface area (Å²) >= 11 is 0. The first-order chi connectivity index (χ1) is 21.7. The van der Waals surface area contributed by atoms with Crippen molar-refractivity contribution >= 4 is 17.2 Å². The first-order valence-electron chi connectivity index (χ1n) is 15.9. The SMILES string of the molecule is C[C@@H]1CN(CC(=O)N2CC(C)(C)c3c2cc(Cc2ccc(F)cc2)c2nc(-c4ccn[nH]4)nn32)[C@@H](CN2CCOC[C@H]2C)CN1. The molecule has 6 heterocycles. The second kappa shape index (κ2) is 11.9. The van der Waals surface area contributed by atoms with Crippen LogP contribution in [0.3, 0.4) is 0 Å². The van der Waals surface area contributed by atoms with E-state index in [4.69, 9.17) is 14.8 Å². The Morgan fingerprint density at radius 2 is 1.98 bits per heavy atom. The lowest BCUT2D eigenvalue weighted by molar-refractivity contribution is -0.121. The van der Waals surface area contributed by atoms with Gasteiger partial charge >= 0.3 is 0 Å². The van der Waals surface area contributed by atoms with Crippen LogP contribution in [0.25, 0.3) is 17.2 Å². The number of halogens is 1. The average molecular weight is 616 g/mol. The first-order valence-corrected chi connectivity index (χ1v) is 15.9. The molecule has 1 amide bonds. The van der Waals surface area contributed by atoms with Crippen LogP contribution in [0.4, 0.5) is 10.1 Å². The maximum Gasteiger partial charge on any atom is 0.241 e. The molecule has 45 heavy (non-hydrogen) atoms. The van der Waals surface area contributed by atoms with Crippen molar-refractivity contribution in [2.24, 2.45) is 0 Å². The average Bonchev–Trinajstić information content (AvgIpc) is 3.75. The second-order valence-corrected chi connectivity index (χ2v) is 13.5. The number of aromatic amines is 1. The van der Waals surface area contributed by atoms with Crippen molar-refractivity contribution in [2.45, 2.75) is 57.7 Å². The molecule has 11 nitrogen and oxygen atoms in total. The number of nitrogens with zero attached hydrogens (tertiary/aromatic N) is 7. The minimum Gasteiger partial charge on any atom is -0.379 e. The number of fused-ring (bicyclic) bond motifs is 3. The highest BCUT2D eigenvalue weighted by atomic mass is 19.1. The van der Waals surface area contributed by atoms with Crippen LogP contribution in [0.15, 0.2) is 42.6 Å². The molecule has 0 aliphatic carbocycles. The lowest BCUT2D eigenvalue weighted by Gasteiger charge is -2.43. The molecular weight excluding hydrogens is 573 g/mol. The number of carbonyl (C=O) groups excluding carboxylic acids is 1. The number of morpholine rings is 1. The van der Waals surface area contributed by atoms with Crippen molar-refractivity contribution in [3.05, 3.63) is 65.2 Å². The minimum atomic E-state index is -0.365. The molecule has 12 heteroatoms. The Kier molecular flexibility index (Phi) is 7.93. The maximum absolute atomic E-state index is 14.3. The molecule has 1 aromatic carbocycles. The van der Waals surface area contributed by atoms with Gasteiger partial charge in [-0.3, -0.25) is 19.7 Å². The van der Waals surface area contributed by atoms with Crippen molar-refractivity contribution in [3.8, 4) is 11.5 Å². The van der Waals surface area contributed by atoms with Crippen molar-refractivity contribution in [1.29, 1.82) is 0 Å². The highest BCUT2D eigenvalue weighted by molar-refractivity contribution is 5.98. The normalized spacial score (nSPS) is 23.9. The zero-order valence-corrected chi connectivity index (χ0v) is 26.5. The van der Waals surface area contributed by atoms with Crippen LogP contribution in [0.2, 0.25) is 0 Å². The van der Waals surface area contributed by atoms with Gasteiger partial charge in [-0.15, -0.1) is 5.10 Å². The molecule has 3 aliphatic heterocycles. The van der Waals surface area contributed by atoms with Gasteiger partial charge in [-0.25, -0.2) is 13.9 Å². The summed E-state index contributed by atoms with van der Waals surface area (Å²) in [5.41, 5.74) is 4.77. The van der Waals surface area contributed by atoms with Gasteiger partial charge < -0.3 is 15.0 Å². The van der Waals surface area contributed by atoms with Crippen LogP contribution >= 0.6 is 0 Å². The molecule has 7 rings (SSSR count). The van der Waals surface area contributed by atoms with Crippen LogP contribution in [-0.2, 0) is 21.4 Å². The van der Waals surface area contributed by atoms with Crippen LogP contribution < -0.4 is 10.2 Å². The number of piperazine rings is 1. The monoisotopic (exact) mass is 615 g/mol. The summed E-state index contributed by atoms with van der Waals surface area (Å²) in [7, 11) is 0. The number of carbonyl (C=O) groups is 1. The van der Waals surface area contributed by atoms with E-state index in [1.165, 1.54) is 12.1 Å². The highest BCUT2D eigenvalue weighted by Crippen LogP contribution is 2.42. The third kappa shape index (κ3) is 5.87. The molecule has 0 saturated carbocycles. The number of hydrogen-bond acceptors (Lipinski definition) is 8. The Hall–Kier alpha value is -3.71. The van der Waals surface area contributed by atoms with Gasteiger partial charge in [-0.2, -0.15) is 5.10 Å². The van der Waals surface area contributed by atoms with Crippen molar-refractivity contribution in [1.82, 2.24) is 39.9 Å². The molecule has 238 valence electrons. The molecule has 2 fully saturated rings. The van der Waals surface area contributed by atoms with E-state index < -0.39 is 0 Å². The predicted molar refractivity (Wildman–Crippen MR) is 170 cm³/mol. The predicted octanol–water partition coefficient (Wildman–Crippen LogP) is 2.86. The summed E-state index contributed by atoms with van der Waals surface area (Å²) in [5.74, 6) is 0.345. The van der Waals surface area contributed by atoms with Crippen molar-refractivity contribution in [3.63, 3.8) is 0 Å². The summed E-state index contributed by atoms with van der Waals surface area (Å²) in [6.45, 7) is 14.6. The molecule has 3 atom stereocenters. The number of anilines is 1. The largest absolute Gasteiger partial charge is 0.379 e. The standard InChI is InChI=1S/C33H42FN9O2/c1-21-16-41(26(15-35-21)17-40-11-12-45-19-22(40)2)18-29(44)42-20-33(3,4)30-28(42)14-24(13-23-5-7-25(34)8-6-23)32-37-31(39-43(30)32)27-9-10-36-38-27/h5-10,14,21-22,26,35H,11-13,15-20H2,1-4H3,(H,36,38)/t21-,22-,26-/m1/s1. The van der Waals surface area contributed by atoms with Crippen LogP contribution in [0, 0.1) is 5.82 Å². The quantitative estimate of drug-likeness (QED) is 0.327.